The highest BCUT2D eigenvalue weighted by molar-refractivity contribution is 6.03. The van der Waals surface area contributed by atoms with Gasteiger partial charge in [-0.1, -0.05) is 30.3 Å². The first-order valence-corrected chi connectivity index (χ1v) is 6.38. The maximum absolute atomic E-state index is 11.9. The molecule has 0 unspecified atom stereocenters. The van der Waals surface area contributed by atoms with Crippen LogP contribution in [0.1, 0.15) is 12.5 Å². The number of benzene rings is 2. The number of nitrogens with one attached hydrogen (secondary N) is 1. The zero-order valence-electron chi connectivity index (χ0n) is 11.6. The summed E-state index contributed by atoms with van der Waals surface area (Å²) in [5.74, 6) is 0.621. The van der Waals surface area contributed by atoms with Gasteiger partial charge < -0.3 is 10.1 Å². The van der Waals surface area contributed by atoms with E-state index in [1.807, 2.05) is 61.5 Å². The van der Waals surface area contributed by atoms with Gasteiger partial charge in [0.2, 0.25) is 5.91 Å². The molecule has 2 rings (SSSR count). The van der Waals surface area contributed by atoms with E-state index < -0.39 is 0 Å². The van der Waals surface area contributed by atoms with Gasteiger partial charge in [0.15, 0.2) is 0 Å². The van der Waals surface area contributed by atoms with Crippen molar-refractivity contribution in [3.8, 4) is 5.75 Å². The fourth-order valence-corrected chi connectivity index (χ4v) is 1.83. The van der Waals surface area contributed by atoms with Crippen LogP contribution in [0.4, 0.5) is 5.69 Å². The minimum Gasteiger partial charge on any atom is -0.497 e. The minimum absolute atomic E-state index is 0.142. The van der Waals surface area contributed by atoms with Crippen LogP contribution in [0.5, 0.6) is 5.75 Å². The molecule has 102 valence electrons. The second-order valence-electron chi connectivity index (χ2n) is 4.41. The zero-order chi connectivity index (χ0) is 14.4. The number of allylic oxidation sites excluding steroid dienone is 1. The Hall–Kier alpha value is -2.55. The fourth-order valence-electron chi connectivity index (χ4n) is 1.83. The first kappa shape index (κ1) is 13.9. The van der Waals surface area contributed by atoms with Crippen molar-refractivity contribution in [1.29, 1.82) is 0 Å². The summed E-state index contributed by atoms with van der Waals surface area (Å²) in [5, 5.41) is 2.82. The number of hydrogen-bond acceptors (Lipinski definition) is 2. The van der Waals surface area contributed by atoms with Gasteiger partial charge in [0.25, 0.3) is 0 Å². The predicted molar refractivity (Wildman–Crippen MR) is 81.7 cm³/mol. The Bertz CT molecular complexity index is 601. The van der Waals surface area contributed by atoms with E-state index in [0.717, 1.165) is 22.6 Å². The number of rotatable bonds is 4. The van der Waals surface area contributed by atoms with Crippen molar-refractivity contribution < 1.29 is 9.53 Å². The Kier molecular flexibility index (Phi) is 4.56. The molecule has 0 aliphatic heterocycles. The van der Waals surface area contributed by atoms with E-state index >= 15 is 0 Å². The number of hydrogen-bond donors (Lipinski definition) is 1. The van der Waals surface area contributed by atoms with Gasteiger partial charge in [-0.25, -0.2) is 0 Å². The third-order valence-electron chi connectivity index (χ3n) is 2.93. The summed E-state index contributed by atoms with van der Waals surface area (Å²) < 4.78 is 5.07. The Labute approximate surface area is 118 Å². The van der Waals surface area contributed by atoms with Crippen LogP contribution >= 0.6 is 0 Å². The number of amides is 1. The van der Waals surface area contributed by atoms with E-state index in [9.17, 15) is 4.79 Å². The molecular formula is C17H17NO2. The molecule has 0 aliphatic rings. The predicted octanol–water partition coefficient (Wildman–Crippen LogP) is 3.74. The highest BCUT2D eigenvalue weighted by atomic mass is 16.5. The Balaban J connectivity index is 2.04. The molecule has 20 heavy (non-hydrogen) atoms. The topological polar surface area (TPSA) is 38.3 Å². The third-order valence-corrected chi connectivity index (χ3v) is 2.93. The summed E-state index contributed by atoms with van der Waals surface area (Å²) in [4.78, 5) is 11.9. The summed E-state index contributed by atoms with van der Waals surface area (Å²) in [7, 11) is 1.61. The first-order chi connectivity index (χ1) is 9.69. The normalized spacial score (nSPS) is 11.0. The third kappa shape index (κ3) is 3.72. The summed E-state index contributed by atoms with van der Waals surface area (Å²) in [6, 6.07) is 17.0. The standard InChI is InChI=1S/C17H17NO2/c1-13(14-6-4-3-5-7-14)12-17(19)18-15-8-10-16(20-2)11-9-15/h3-12H,1-2H3,(H,18,19)/b13-12+. The lowest BCUT2D eigenvalue weighted by Crippen LogP contribution is -2.08. The molecule has 1 N–H and O–H groups in total. The minimum atomic E-state index is -0.142. The van der Waals surface area contributed by atoms with E-state index in [1.165, 1.54) is 0 Å². The van der Waals surface area contributed by atoms with Crippen LogP contribution in [0.25, 0.3) is 5.57 Å². The highest BCUT2D eigenvalue weighted by Crippen LogP contribution is 2.16. The van der Waals surface area contributed by atoms with Gasteiger partial charge in [0, 0.05) is 11.8 Å². The molecule has 0 spiro atoms. The SMILES string of the molecule is COc1ccc(NC(=O)/C=C(\C)c2ccccc2)cc1. The second-order valence-corrected chi connectivity index (χ2v) is 4.41. The highest BCUT2D eigenvalue weighted by Gasteiger charge is 2.01. The van der Waals surface area contributed by atoms with Crippen molar-refractivity contribution in [2.24, 2.45) is 0 Å². The molecule has 0 fully saturated rings. The Morgan fingerprint density at radius 3 is 2.30 bits per heavy atom. The van der Waals surface area contributed by atoms with Crippen LogP contribution in [0.2, 0.25) is 0 Å². The molecule has 3 heteroatoms. The molecule has 2 aromatic rings. The molecule has 0 saturated carbocycles. The van der Waals surface area contributed by atoms with E-state index in [4.69, 9.17) is 4.74 Å². The van der Waals surface area contributed by atoms with Crippen LogP contribution in [0, 0.1) is 0 Å². The quantitative estimate of drug-likeness (QED) is 0.857. The lowest BCUT2D eigenvalue weighted by molar-refractivity contribution is -0.111. The van der Waals surface area contributed by atoms with E-state index in [-0.39, 0.29) is 5.91 Å². The average Bonchev–Trinajstić information content (AvgIpc) is 2.49. The molecule has 0 aromatic heterocycles. The lowest BCUT2D eigenvalue weighted by Gasteiger charge is -2.05. The molecule has 0 heterocycles. The van der Waals surface area contributed by atoms with E-state index in [0.29, 0.717) is 0 Å². The van der Waals surface area contributed by atoms with Gasteiger partial charge in [0.05, 0.1) is 7.11 Å². The number of carbonyl (C=O) groups is 1. The molecule has 0 saturated heterocycles. The summed E-state index contributed by atoms with van der Waals surface area (Å²) in [5.41, 5.74) is 2.71. The van der Waals surface area contributed by atoms with E-state index in [1.54, 1.807) is 13.2 Å². The van der Waals surface area contributed by atoms with Crippen LogP contribution in [0.3, 0.4) is 0 Å². The molecule has 0 radical (unpaired) electrons. The van der Waals surface area contributed by atoms with Crippen LogP contribution in [-0.4, -0.2) is 13.0 Å². The summed E-state index contributed by atoms with van der Waals surface area (Å²) in [6.45, 7) is 1.92. The van der Waals surface area contributed by atoms with Gasteiger partial charge in [-0.2, -0.15) is 0 Å². The van der Waals surface area contributed by atoms with Crippen molar-refractivity contribution >= 4 is 17.2 Å². The van der Waals surface area contributed by atoms with Gasteiger partial charge >= 0.3 is 0 Å². The van der Waals surface area contributed by atoms with Gasteiger partial charge in [-0.05, 0) is 42.3 Å². The van der Waals surface area contributed by atoms with Crippen LogP contribution in [0.15, 0.2) is 60.7 Å². The molecule has 0 atom stereocenters. The summed E-state index contributed by atoms with van der Waals surface area (Å²) in [6.07, 6.45) is 1.60. The number of anilines is 1. The second kappa shape index (κ2) is 6.57. The molecule has 1 amide bonds. The molecule has 0 aliphatic carbocycles. The van der Waals surface area contributed by atoms with Crippen molar-refractivity contribution in [2.45, 2.75) is 6.92 Å². The number of methoxy groups -OCH3 is 1. The van der Waals surface area contributed by atoms with Gasteiger partial charge in [0.1, 0.15) is 5.75 Å². The number of carbonyl (C=O) groups excluding carboxylic acids is 1. The first-order valence-electron chi connectivity index (χ1n) is 6.38. The van der Waals surface area contributed by atoms with Crippen molar-refractivity contribution in [2.75, 3.05) is 12.4 Å². The molecule has 0 bridgehead atoms. The van der Waals surface area contributed by atoms with E-state index in [2.05, 4.69) is 5.32 Å². The van der Waals surface area contributed by atoms with Crippen molar-refractivity contribution in [1.82, 2.24) is 0 Å². The lowest BCUT2D eigenvalue weighted by atomic mass is 10.1. The zero-order valence-corrected chi connectivity index (χ0v) is 11.6. The maximum Gasteiger partial charge on any atom is 0.248 e. The van der Waals surface area contributed by atoms with Gasteiger partial charge in [-0.3, -0.25) is 4.79 Å². The fraction of sp³-hybridized carbons (Fsp3) is 0.118. The molecular weight excluding hydrogens is 250 g/mol. The largest absolute Gasteiger partial charge is 0.497 e. The van der Waals surface area contributed by atoms with Crippen LogP contribution < -0.4 is 10.1 Å². The molecule has 3 nitrogen and oxygen atoms in total. The Morgan fingerprint density at radius 1 is 1.05 bits per heavy atom. The van der Waals surface area contributed by atoms with Crippen molar-refractivity contribution in [3.63, 3.8) is 0 Å². The average molecular weight is 267 g/mol. The number of ether oxygens (including phenoxy) is 1. The summed E-state index contributed by atoms with van der Waals surface area (Å²) >= 11 is 0. The van der Waals surface area contributed by atoms with Gasteiger partial charge in [-0.15, -0.1) is 0 Å². The monoisotopic (exact) mass is 267 g/mol. The van der Waals surface area contributed by atoms with Crippen LogP contribution in [-0.2, 0) is 4.79 Å². The van der Waals surface area contributed by atoms with Crippen molar-refractivity contribution in [3.05, 3.63) is 66.2 Å². The smallest absolute Gasteiger partial charge is 0.248 e. The Morgan fingerprint density at radius 2 is 1.70 bits per heavy atom. The molecule has 2 aromatic carbocycles. The maximum atomic E-state index is 11.9.